The molecule has 2 aromatic heterocycles. The fourth-order valence-electron chi connectivity index (χ4n) is 1.54. The molecule has 1 N–H and O–H groups in total. The van der Waals surface area contributed by atoms with E-state index in [1.807, 2.05) is 18.2 Å². The molecule has 0 aliphatic heterocycles. The van der Waals surface area contributed by atoms with Crippen LogP contribution in [0, 0.1) is 0 Å². The van der Waals surface area contributed by atoms with Crippen LogP contribution in [0.25, 0.3) is 0 Å². The van der Waals surface area contributed by atoms with Crippen LogP contribution in [-0.4, -0.2) is 15.5 Å². The molecule has 0 atom stereocenters. The molecule has 2 rings (SSSR count). The van der Waals surface area contributed by atoms with Crippen molar-refractivity contribution in [1.82, 2.24) is 15.3 Å². The first-order valence-electron chi connectivity index (χ1n) is 6.41. The summed E-state index contributed by atoms with van der Waals surface area (Å²) in [4.78, 5) is 8.17. The Morgan fingerprint density at radius 1 is 1.30 bits per heavy atom. The topological polar surface area (TPSA) is 47.0 Å². The minimum absolute atomic E-state index is 0.0248. The molecule has 0 amide bonds. The molecule has 0 aromatic carbocycles. The molecule has 0 spiro atoms. The summed E-state index contributed by atoms with van der Waals surface area (Å²) in [5.74, 6) is 1.16. The molecule has 0 saturated heterocycles. The van der Waals surface area contributed by atoms with Crippen LogP contribution in [0.3, 0.4) is 0 Å². The fraction of sp³-hybridized carbons (Fsp3) is 0.333. The van der Waals surface area contributed by atoms with Gasteiger partial charge in [-0.1, -0.05) is 11.6 Å². The van der Waals surface area contributed by atoms with E-state index in [2.05, 4.69) is 36.1 Å². The Hall–Kier alpha value is -1.65. The lowest BCUT2D eigenvalue weighted by molar-refractivity contribution is 0.421. The van der Waals surface area contributed by atoms with Gasteiger partial charge in [-0.05, 0) is 38.5 Å². The third-order valence-corrected chi connectivity index (χ3v) is 2.92. The van der Waals surface area contributed by atoms with Crippen LogP contribution in [-0.2, 0) is 6.54 Å². The van der Waals surface area contributed by atoms with Gasteiger partial charge in [0.25, 0.3) is 0 Å². The predicted octanol–water partition coefficient (Wildman–Crippen LogP) is 3.81. The molecule has 4 nitrogen and oxygen atoms in total. The van der Waals surface area contributed by atoms with Crippen molar-refractivity contribution in [3.8, 4) is 11.6 Å². The van der Waals surface area contributed by atoms with Crippen molar-refractivity contribution in [3.05, 3.63) is 47.4 Å². The summed E-state index contributed by atoms with van der Waals surface area (Å²) >= 11 is 6.16. The van der Waals surface area contributed by atoms with Gasteiger partial charge in [-0.15, -0.1) is 0 Å². The highest BCUT2D eigenvalue weighted by Gasteiger charge is 2.11. The summed E-state index contributed by atoms with van der Waals surface area (Å²) in [6.07, 6.45) is 4.94. The zero-order valence-electron chi connectivity index (χ0n) is 11.9. The summed E-state index contributed by atoms with van der Waals surface area (Å²) in [6, 6.07) is 5.48. The highest BCUT2D eigenvalue weighted by molar-refractivity contribution is 6.31. The number of pyridine rings is 2. The van der Waals surface area contributed by atoms with Gasteiger partial charge in [0.05, 0.1) is 11.2 Å². The summed E-state index contributed by atoms with van der Waals surface area (Å²) in [5.41, 5.74) is 0.979. The third kappa shape index (κ3) is 4.47. The smallest absolute Gasteiger partial charge is 0.219 e. The summed E-state index contributed by atoms with van der Waals surface area (Å²) in [5, 5.41) is 4.02. The van der Waals surface area contributed by atoms with Crippen LogP contribution in [0.4, 0.5) is 0 Å². The van der Waals surface area contributed by atoms with Crippen LogP contribution in [0.2, 0.25) is 5.02 Å². The monoisotopic (exact) mass is 291 g/mol. The molecule has 2 heterocycles. The van der Waals surface area contributed by atoms with Crippen molar-refractivity contribution in [3.63, 3.8) is 0 Å². The molecule has 0 fully saturated rings. The Morgan fingerprint density at radius 3 is 2.75 bits per heavy atom. The predicted molar refractivity (Wildman–Crippen MR) is 80.2 cm³/mol. The first kappa shape index (κ1) is 14.8. The molecular weight excluding hydrogens is 274 g/mol. The van der Waals surface area contributed by atoms with Gasteiger partial charge in [0.15, 0.2) is 0 Å². The lowest BCUT2D eigenvalue weighted by Gasteiger charge is -2.21. The van der Waals surface area contributed by atoms with E-state index in [-0.39, 0.29) is 5.54 Å². The molecule has 0 unspecified atom stereocenters. The second kappa shape index (κ2) is 6.20. The van der Waals surface area contributed by atoms with Gasteiger partial charge in [-0.25, -0.2) is 4.98 Å². The van der Waals surface area contributed by atoms with Crippen LogP contribution in [0.1, 0.15) is 26.3 Å². The van der Waals surface area contributed by atoms with Gasteiger partial charge in [-0.2, -0.15) is 0 Å². The maximum absolute atomic E-state index is 6.16. The first-order valence-corrected chi connectivity index (χ1v) is 6.79. The van der Waals surface area contributed by atoms with E-state index in [0.29, 0.717) is 23.2 Å². The lowest BCUT2D eigenvalue weighted by atomic mass is 10.1. The Labute approximate surface area is 124 Å². The van der Waals surface area contributed by atoms with Crippen molar-refractivity contribution in [2.24, 2.45) is 0 Å². The maximum atomic E-state index is 6.16. The van der Waals surface area contributed by atoms with Gasteiger partial charge in [0, 0.05) is 30.5 Å². The third-order valence-electron chi connectivity index (χ3n) is 2.58. The minimum Gasteiger partial charge on any atom is -0.437 e. The van der Waals surface area contributed by atoms with Crippen LogP contribution in [0.15, 0.2) is 36.8 Å². The fourth-order valence-corrected chi connectivity index (χ4v) is 1.71. The van der Waals surface area contributed by atoms with E-state index in [9.17, 15) is 0 Å². The van der Waals surface area contributed by atoms with E-state index >= 15 is 0 Å². The number of hydrogen-bond donors (Lipinski definition) is 1. The van der Waals surface area contributed by atoms with Gasteiger partial charge in [0.1, 0.15) is 5.75 Å². The van der Waals surface area contributed by atoms with Gasteiger partial charge in [-0.3, -0.25) is 4.98 Å². The Balaban J connectivity index is 2.12. The zero-order chi connectivity index (χ0) is 14.6. The molecule has 0 aliphatic rings. The minimum atomic E-state index is 0.0248. The second-order valence-corrected chi connectivity index (χ2v) is 5.92. The molecule has 0 bridgehead atoms. The summed E-state index contributed by atoms with van der Waals surface area (Å²) in [6.45, 7) is 6.98. The number of ether oxygens (including phenoxy) is 1. The Kier molecular flexibility index (Phi) is 4.57. The molecule has 0 aliphatic carbocycles. The summed E-state index contributed by atoms with van der Waals surface area (Å²) < 4.78 is 5.65. The highest BCUT2D eigenvalue weighted by atomic mass is 35.5. The highest BCUT2D eigenvalue weighted by Crippen LogP contribution is 2.23. The Bertz CT molecular complexity index is 567. The molecular formula is C15H18ClN3O. The van der Waals surface area contributed by atoms with E-state index in [1.165, 1.54) is 0 Å². The van der Waals surface area contributed by atoms with Crippen LogP contribution >= 0.6 is 11.6 Å². The van der Waals surface area contributed by atoms with Crippen molar-refractivity contribution in [1.29, 1.82) is 0 Å². The standard InChI is InChI=1S/C15H18ClN3O/c1-15(2,3)19-8-11-7-14(18-10-13(11)16)20-12-5-4-6-17-9-12/h4-7,9-10,19H,8H2,1-3H3. The molecule has 106 valence electrons. The lowest BCUT2D eigenvalue weighted by Crippen LogP contribution is -2.35. The zero-order valence-corrected chi connectivity index (χ0v) is 12.6. The number of rotatable bonds is 4. The number of hydrogen-bond acceptors (Lipinski definition) is 4. The normalized spacial score (nSPS) is 11.4. The molecule has 2 aromatic rings. The number of nitrogens with zero attached hydrogens (tertiary/aromatic N) is 2. The Morgan fingerprint density at radius 2 is 2.10 bits per heavy atom. The van der Waals surface area contributed by atoms with Crippen molar-refractivity contribution in [2.75, 3.05) is 0 Å². The van der Waals surface area contributed by atoms with Crippen LogP contribution in [0.5, 0.6) is 11.6 Å². The average molecular weight is 292 g/mol. The van der Waals surface area contributed by atoms with E-state index in [1.54, 1.807) is 18.6 Å². The number of aromatic nitrogens is 2. The van der Waals surface area contributed by atoms with Crippen LogP contribution < -0.4 is 10.1 Å². The van der Waals surface area contributed by atoms with E-state index in [0.717, 1.165) is 5.56 Å². The van der Waals surface area contributed by atoms with Gasteiger partial charge in [0.2, 0.25) is 5.88 Å². The van der Waals surface area contributed by atoms with Crippen molar-refractivity contribution < 1.29 is 4.74 Å². The summed E-state index contributed by atoms with van der Waals surface area (Å²) in [7, 11) is 0. The van der Waals surface area contributed by atoms with Gasteiger partial charge >= 0.3 is 0 Å². The molecule has 0 radical (unpaired) electrons. The van der Waals surface area contributed by atoms with Crippen molar-refractivity contribution in [2.45, 2.75) is 32.9 Å². The quantitative estimate of drug-likeness (QED) is 0.930. The molecule has 0 saturated carbocycles. The average Bonchev–Trinajstić information content (AvgIpc) is 2.40. The van der Waals surface area contributed by atoms with Crippen molar-refractivity contribution >= 4 is 11.6 Å². The second-order valence-electron chi connectivity index (χ2n) is 5.51. The van der Waals surface area contributed by atoms with E-state index < -0.39 is 0 Å². The maximum Gasteiger partial charge on any atom is 0.219 e. The van der Waals surface area contributed by atoms with Gasteiger partial charge < -0.3 is 10.1 Å². The molecule has 20 heavy (non-hydrogen) atoms. The number of nitrogens with one attached hydrogen (secondary N) is 1. The van der Waals surface area contributed by atoms with E-state index in [4.69, 9.17) is 16.3 Å². The first-order chi connectivity index (χ1) is 9.44. The largest absolute Gasteiger partial charge is 0.437 e. The number of halogens is 1. The molecule has 5 heteroatoms. The SMILES string of the molecule is CC(C)(C)NCc1cc(Oc2cccnc2)ncc1Cl.